The highest BCUT2D eigenvalue weighted by Crippen LogP contribution is 2.30. The fourth-order valence-corrected chi connectivity index (χ4v) is 4.09. The van der Waals surface area contributed by atoms with Crippen LogP contribution < -0.4 is 9.62 Å². The van der Waals surface area contributed by atoms with E-state index in [-0.39, 0.29) is 9.56 Å². The normalized spacial score (nSPS) is 11.6. The lowest BCUT2D eigenvalue weighted by Crippen LogP contribution is -2.26. The van der Waals surface area contributed by atoms with Crippen molar-refractivity contribution >= 4 is 31.6 Å². The first-order valence-corrected chi connectivity index (χ1v) is 8.58. The van der Waals surface area contributed by atoms with E-state index in [1.807, 2.05) is 25.1 Å². The summed E-state index contributed by atoms with van der Waals surface area (Å²) in [6.07, 6.45) is 0. The highest BCUT2D eigenvalue weighted by atomic mass is 79.9. The molecule has 114 valence electrons. The zero-order valence-corrected chi connectivity index (χ0v) is 14.5. The predicted octanol–water partition coefficient (Wildman–Crippen LogP) is 2.90. The van der Waals surface area contributed by atoms with Crippen molar-refractivity contribution in [1.29, 1.82) is 0 Å². The smallest absolute Gasteiger partial charge is 0.268 e. The van der Waals surface area contributed by atoms with E-state index in [1.54, 1.807) is 13.1 Å². The number of anilines is 1. The second-order valence-electron chi connectivity index (χ2n) is 4.69. The Kier molecular flexibility index (Phi) is 4.75. The number of furan rings is 1. The Morgan fingerprint density at radius 3 is 2.67 bits per heavy atom. The molecule has 1 N–H and O–H groups in total. The van der Waals surface area contributed by atoms with Gasteiger partial charge in [0.05, 0.1) is 12.2 Å². The molecule has 0 saturated heterocycles. The molecule has 0 fully saturated rings. The maximum atomic E-state index is 12.7. The van der Waals surface area contributed by atoms with E-state index in [4.69, 9.17) is 4.42 Å². The minimum atomic E-state index is -3.67. The van der Waals surface area contributed by atoms with Crippen LogP contribution in [0.3, 0.4) is 0 Å². The van der Waals surface area contributed by atoms with E-state index in [0.717, 1.165) is 5.56 Å². The van der Waals surface area contributed by atoms with Crippen LogP contribution >= 0.6 is 15.9 Å². The maximum absolute atomic E-state index is 12.7. The zero-order valence-electron chi connectivity index (χ0n) is 12.1. The van der Waals surface area contributed by atoms with Gasteiger partial charge in [0, 0.05) is 13.1 Å². The van der Waals surface area contributed by atoms with Gasteiger partial charge in [-0.15, -0.1) is 0 Å². The van der Waals surface area contributed by atoms with Crippen LogP contribution in [0.5, 0.6) is 0 Å². The van der Waals surface area contributed by atoms with E-state index in [9.17, 15) is 8.42 Å². The zero-order chi connectivity index (χ0) is 15.6. The van der Waals surface area contributed by atoms with Crippen LogP contribution in [0.4, 0.5) is 5.69 Å². The number of halogens is 1. The molecular weight excluding hydrogens is 356 g/mol. The van der Waals surface area contributed by atoms with E-state index < -0.39 is 10.0 Å². The molecule has 0 bridgehead atoms. The van der Waals surface area contributed by atoms with Gasteiger partial charge < -0.3 is 9.73 Å². The third kappa shape index (κ3) is 3.30. The molecule has 7 heteroatoms. The minimum absolute atomic E-state index is 0.122. The third-order valence-corrected chi connectivity index (χ3v) is 5.70. The van der Waals surface area contributed by atoms with E-state index in [2.05, 4.69) is 21.2 Å². The number of benzene rings is 1. The molecule has 0 spiro atoms. The average Bonchev–Trinajstić information content (AvgIpc) is 2.80. The topological polar surface area (TPSA) is 62.6 Å². The first-order chi connectivity index (χ1) is 9.86. The SMILES string of the molecule is CNCc1cc(S(=O)(=O)N(C)c2cccc(C)c2)c(Br)o1. The fraction of sp³-hybridized carbons (Fsp3) is 0.286. The lowest BCUT2D eigenvalue weighted by atomic mass is 10.2. The van der Waals surface area contributed by atoms with Crippen molar-refractivity contribution in [1.82, 2.24) is 5.32 Å². The summed E-state index contributed by atoms with van der Waals surface area (Å²) in [7, 11) is -0.376. The summed E-state index contributed by atoms with van der Waals surface area (Å²) in [5.41, 5.74) is 1.61. The Balaban J connectivity index is 2.42. The van der Waals surface area contributed by atoms with E-state index in [0.29, 0.717) is 18.0 Å². The number of sulfonamides is 1. The van der Waals surface area contributed by atoms with E-state index in [1.165, 1.54) is 17.4 Å². The quantitative estimate of drug-likeness (QED) is 0.876. The number of aryl methyl sites for hydroxylation is 1. The number of nitrogens with zero attached hydrogens (tertiary/aromatic N) is 1. The molecule has 2 rings (SSSR count). The first kappa shape index (κ1) is 16.1. The summed E-state index contributed by atoms with van der Waals surface area (Å²) in [5, 5.41) is 2.92. The van der Waals surface area contributed by atoms with Crippen LogP contribution in [-0.2, 0) is 16.6 Å². The van der Waals surface area contributed by atoms with Crippen LogP contribution in [0.15, 0.2) is 44.3 Å². The molecule has 0 radical (unpaired) electrons. The fourth-order valence-electron chi connectivity index (χ4n) is 1.95. The lowest BCUT2D eigenvalue weighted by molar-refractivity contribution is 0.470. The molecule has 1 aromatic heterocycles. The van der Waals surface area contributed by atoms with Crippen molar-refractivity contribution in [2.75, 3.05) is 18.4 Å². The van der Waals surface area contributed by atoms with Gasteiger partial charge in [-0.05, 0) is 47.6 Å². The van der Waals surface area contributed by atoms with Gasteiger partial charge in [-0.1, -0.05) is 12.1 Å². The molecule has 0 aliphatic rings. The average molecular weight is 373 g/mol. The number of hydrogen-bond donors (Lipinski definition) is 1. The van der Waals surface area contributed by atoms with Crippen molar-refractivity contribution in [3.05, 3.63) is 46.3 Å². The second-order valence-corrected chi connectivity index (χ2v) is 7.35. The molecule has 0 unspecified atom stereocenters. The van der Waals surface area contributed by atoms with Crippen molar-refractivity contribution in [3.63, 3.8) is 0 Å². The second kappa shape index (κ2) is 6.21. The van der Waals surface area contributed by atoms with Gasteiger partial charge >= 0.3 is 0 Å². The highest BCUT2D eigenvalue weighted by molar-refractivity contribution is 9.10. The molecule has 2 aromatic rings. The Bertz CT molecular complexity index is 740. The lowest BCUT2D eigenvalue weighted by Gasteiger charge is -2.19. The van der Waals surface area contributed by atoms with Crippen molar-refractivity contribution in [2.45, 2.75) is 18.4 Å². The van der Waals surface area contributed by atoms with Gasteiger partial charge in [0.25, 0.3) is 10.0 Å². The molecule has 0 saturated carbocycles. The predicted molar refractivity (Wildman–Crippen MR) is 85.9 cm³/mol. The molecule has 0 aliphatic heterocycles. The Hall–Kier alpha value is -1.31. The standard InChI is InChI=1S/C14H17BrN2O3S/c1-10-5-4-6-11(7-10)17(3)21(18,19)13-8-12(9-16-2)20-14(13)15/h4-8,16H,9H2,1-3H3. The summed E-state index contributed by atoms with van der Waals surface area (Å²) in [4.78, 5) is 0.122. The molecule has 1 aromatic carbocycles. The van der Waals surface area contributed by atoms with Gasteiger partial charge in [0.1, 0.15) is 10.7 Å². The number of rotatable bonds is 5. The van der Waals surface area contributed by atoms with Crippen LogP contribution in [0.2, 0.25) is 0 Å². The van der Waals surface area contributed by atoms with Gasteiger partial charge in [-0.25, -0.2) is 8.42 Å². The van der Waals surface area contributed by atoms with Gasteiger partial charge in [-0.3, -0.25) is 4.31 Å². The number of nitrogens with one attached hydrogen (secondary N) is 1. The molecule has 5 nitrogen and oxygen atoms in total. The molecule has 0 atom stereocenters. The molecular formula is C14H17BrN2O3S. The summed E-state index contributed by atoms with van der Waals surface area (Å²) in [6.45, 7) is 2.38. The van der Waals surface area contributed by atoms with Crippen LogP contribution in [0, 0.1) is 6.92 Å². The molecule has 0 aliphatic carbocycles. The van der Waals surface area contributed by atoms with Crippen LogP contribution in [0.1, 0.15) is 11.3 Å². The van der Waals surface area contributed by atoms with Gasteiger partial charge in [0.15, 0.2) is 4.67 Å². The number of hydrogen-bond acceptors (Lipinski definition) is 4. The third-order valence-electron chi connectivity index (χ3n) is 3.06. The van der Waals surface area contributed by atoms with Crippen LogP contribution in [0.25, 0.3) is 0 Å². The Labute approximate surface area is 133 Å². The largest absolute Gasteiger partial charge is 0.451 e. The van der Waals surface area contributed by atoms with Crippen molar-refractivity contribution < 1.29 is 12.8 Å². The van der Waals surface area contributed by atoms with Crippen molar-refractivity contribution in [2.24, 2.45) is 0 Å². The minimum Gasteiger partial charge on any atom is -0.451 e. The first-order valence-electron chi connectivity index (χ1n) is 6.34. The summed E-state index contributed by atoms with van der Waals surface area (Å²) < 4.78 is 32.3. The summed E-state index contributed by atoms with van der Waals surface area (Å²) in [6, 6.07) is 8.85. The molecule has 0 amide bonds. The summed E-state index contributed by atoms with van der Waals surface area (Å²) >= 11 is 3.18. The van der Waals surface area contributed by atoms with Crippen LogP contribution in [-0.4, -0.2) is 22.5 Å². The molecule has 1 heterocycles. The Morgan fingerprint density at radius 1 is 1.33 bits per heavy atom. The maximum Gasteiger partial charge on any atom is 0.268 e. The molecule has 21 heavy (non-hydrogen) atoms. The van der Waals surface area contributed by atoms with E-state index >= 15 is 0 Å². The Morgan fingerprint density at radius 2 is 2.05 bits per heavy atom. The van der Waals surface area contributed by atoms with Gasteiger partial charge in [0.2, 0.25) is 0 Å². The summed E-state index contributed by atoms with van der Waals surface area (Å²) in [5.74, 6) is 0.556. The van der Waals surface area contributed by atoms with Crippen molar-refractivity contribution in [3.8, 4) is 0 Å². The van der Waals surface area contributed by atoms with Gasteiger partial charge in [-0.2, -0.15) is 0 Å². The monoisotopic (exact) mass is 372 g/mol. The highest BCUT2D eigenvalue weighted by Gasteiger charge is 2.27.